The predicted octanol–water partition coefficient (Wildman–Crippen LogP) is 2.11. The van der Waals surface area contributed by atoms with Gasteiger partial charge in [-0.3, -0.25) is 4.79 Å². The summed E-state index contributed by atoms with van der Waals surface area (Å²) in [6, 6.07) is 5.84. The van der Waals surface area contributed by atoms with Crippen LogP contribution in [0.15, 0.2) is 24.3 Å². The summed E-state index contributed by atoms with van der Waals surface area (Å²) < 4.78 is 13.5. The van der Waals surface area contributed by atoms with Crippen molar-refractivity contribution in [3.63, 3.8) is 0 Å². The monoisotopic (exact) mass is 251 g/mol. The number of carbonyl (C=O) groups excluding carboxylic acids is 1. The molecule has 98 valence electrons. The molecule has 3 nitrogen and oxygen atoms in total. The van der Waals surface area contributed by atoms with Crippen LogP contribution in [0.1, 0.15) is 36.5 Å². The van der Waals surface area contributed by atoms with Crippen molar-refractivity contribution in [2.24, 2.45) is 5.41 Å². The summed E-state index contributed by atoms with van der Waals surface area (Å²) in [6.07, 6.45) is 2.68. The fourth-order valence-electron chi connectivity index (χ4n) is 2.55. The number of benzene rings is 1. The van der Waals surface area contributed by atoms with Crippen LogP contribution >= 0.6 is 0 Å². The highest BCUT2D eigenvalue weighted by Crippen LogP contribution is 2.37. The molecule has 0 radical (unpaired) electrons. The van der Waals surface area contributed by atoms with Gasteiger partial charge in [-0.15, -0.1) is 0 Å². The molecule has 2 unspecified atom stereocenters. The largest absolute Gasteiger partial charge is 0.396 e. The molecule has 1 aliphatic carbocycles. The van der Waals surface area contributed by atoms with Crippen molar-refractivity contribution >= 4 is 5.91 Å². The number of hydrogen-bond donors (Lipinski definition) is 2. The zero-order chi connectivity index (χ0) is 13.2. The Kier molecular flexibility index (Phi) is 3.66. The molecular formula is C14H18FNO2. The van der Waals surface area contributed by atoms with Crippen molar-refractivity contribution < 1.29 is 14.3 Å². The molecule has 0 saturated heterocycles. The van der Waals surface area contributed by atoms with Crippen molar-refractivity contribution in [2.45, 2.75) is 32.2 Å². The zero-order valence-electron chi connectivity index (χ0n) is 10.4. The molecule has 1 fully saturated rings. The van der Waals surface area contributed by atoms with E-state index in [4.69, 9.17) is 0 Å². The number of amides is 1. The van der Waals surface area contributed by atoms with Gasteiger partial charge in [-0.1, -0.05) is 25.5 Å². The summed E-state index contributed by atoms with van der Waals surface area (Å²) in [5.41, 5.74) is -0.231. The molecule has 1 aliphatic rings. The Hall–Kier alpha value is -1.42. The lowest BCUT2D eigenvalue weighted by Gasteiger charge is -2.30. The first kappa shape index (κ1) is 13.0. The summed E-state index contributed by atoms with van der Waals surface area (Å²) in [4.78, 5) is 12.0. The minimum absolute atomic E-state index is 0.0369. The third kappa shape index (κ3) is 2.38. The van der Waals surface area contributed by atoms with E-state index in [1.165, 1.54) is 12.1 Å². The van der Waals surface area contributed by atoms with E-state index >= 15 is 0 Å². The number of hydrogen-bond acceptors (Lipinski definition) is 2. The van der Waals surface area contributed by atoms with Crippen LogP contribution in [0.5, 0.6) is 0 Å². The van der Waals surface area contributed by atoms with Crippen molar-refractivity contribution in [3.8, 4) is 0 Å². The molecule has 2 atom stereocenters. The van der Waals surface area contributed by atoms with E-state index in [2.05, 4.69) is 5.32 Å². The Bertz CT molecular complexity index is 449. The fourth-order valence-corrected chi connectivity index (χ4v) is 2.55. The van der Waals surface area contributed by atoms with E-state index in [1.807, 2.05) is 6.92 Å². The average molecular weight is 251 g/mol. The van der Waals surface area contributed by atoms with E-state index in [9.17, 15) is 14.3 Å². The number of rotatable bonds is 3. The molecular weight excluding hydrogens is 233 g/mol. The van der Waals surface area contributed by atoms with Gasteiger partial charge in [-0.05, 0) is 25.0 Å². The Morgan fingerprint density at radius 3 is 2.94 bits per heavy atom. The standard InChI is InChI=1S/C14H18FNO2/c1-14(9-17)8-4-7-12(14)16-13(18)10-5-2-3-6-11(10)15/h2-3,5-6,12,17H,4,7-9H2,1H3,(H,16,18). The minimum Gasteiger partial charge on any atom is -0.396 e. The van der Waals surface area contributed by atoms with Crippen LogP contribution < -0.4 is 5.32 Å². The number of aliphatic hydroxyl groups is 1. The highest BCUT2D eigenvalue weighted by atomic mass is 19.1. The molecule has 0 bridgehead atoms. The first-order valence-electron chi connectivity index (χ1n) is 6.23. The molecule has 0 aromatic heterocycles. The normalized spacial score (nSPS) is 27.2. The smallest absolute Gasteiger partial charge is 0.254 e. The van der Waals surface area contributed by atoms with Crippen molar-refractivity contribution in [3.05, 3.63) is 35.6 Å². The van der Waals surface area contributed by atoms with Crippen molar-refractivity contribution in [1.29, 1.82) is 0 Å². The second-order valence-electron chi connectivity index (χ2n) is 5.21. The lowest BCUT2D eigenvalue weighted by molar-refractivity contribution is 0.0827. The van der Waals surface area contributed by atoms with Crippen LogP contribution in [0, 0.1) is 11.2 Å². The summed E-state index contributed by atoms with van der Waals surface area (Å²) in [7, 11) is 0. The predicted molar refractivity (Wildman–Crippen MR) is 66.7 cm³/mol. The molecule has 0 spiro atoms. The molecule has 2 rings (SSSR count). The molecule has 1 aromatic carbocycles. The minimum atomic E-state index is -0.515. The van der Waals surface area contributed by atoms with Gasteiger partial charge in [0.25, 0.3) is 5.91 Å². The van der Waals surface area contributed by atoms with E-state index < -0.39 is 11.7 Å². The van der Waals surface area contributed by atoms with Gasteiger partial charge in [-0.25, -0.2) is 4.39 Å². The van der Waals surface area contributed by atoms with Gasteiger partial charge in [-0.2, -0.15) is 0 Å². The van der Waals surface area contributed by atoms with Gasteiger partial charge in [0.2, 0.25) is 0 Å². The third-order valence-electron chi connectivity index (χ3n) is 3.87. The van der Waals surface area contributed by atoms with Gasteiger partial charge in [0.15, 0.2) is 0 Å². The Balaban J connectivity index is 2.11. The molecule has 1 amide bonds. The first-order chi connectivity index (χ1) is 8.57. The lowest BCUT2D eigenvalue weighted by atomic mass is 9.85. The van der Waals surface area contributed by atoms with Gasteiger partial charge >= 0.3 is 0 Å². The second-order valence-corrected chi connectivity index (χ2v) is 5.21. The van der Waals surface area contributed by atoms with Crippen LogP contribution in [-0.4, -0.2) is 23.7 Å². The number of aliphatic hydroxyl groups excluding tert-OH is 1. The van der Waals surface area contributed by atoms with Gasteiger partial charge < -0.3 is 10.4 Å². The fraction of sp³-hybridized carbons (Fsp3) is 0.500. The SMILES string of the molecule is CC1(CO)CCCC1NC(=O)c1ccccc1F. The summed E-state index contributed by atoms with van der Waals surface area (Å²) in [5.74, 6) is -0.918. The summed E-state index contributed by atoms with van der Waals surface area (Å²) in [5, 5.41) is 12.2. The van der Waals surface area contributed by atoms with Crippen molar-refractivity contribution in [2.75, 3.05) is 6.61 Å². The molecule has 4 heteroatoms. The quantitative estimate of drug-likeness (QED) is 0.864. The molecule has 1 saturated carbocycles. The van der Waals surface area contributed by atoms with E-state index in [0.29, 0.717) is 0 Å². The van der Waals surface area contributed by atoms with Crippen LogP contribution in [0.3, 0.4) is 0 Å². The lowest BCUT2D eigenvalue weighted by Crippen LogP contribution is -2.44. The maximum Gasteiger partial charge on any atom is 0.254 e. The van der Waals surface area contributed by atoms with Crippen LogP contribution in [0.2, 0.25) is 0 Å². The number of carbonyl (C=O) groups is 1. The van der Waals surface area contributed by atoms with E-state index in [-0.39, 0.29) is 23.6 Å². The first-order valence-corrected chi connectivity index (χ1v) is 6.23. The molecule has 18 heavy (non-hydrogen) atoms. The highest BCUT2D eigenvalue weighted by molar-refractivity contribution is 5.94. The van der Waals surface area contributed by atoms with Crippen LogP contribution in [-0.2, 0) is 0 Å². The molecule has 0 aliphatic heterocycles. The van der Waals surface area contributed by atoms with Gasteiger partial charge in [0, 0.05) is 11.5 Å². The van der Waals surface area contributed by atoms with E-state index in [1.54, 1.807) is 12.1 Å². The Labute approximate surface area is 106 Å². The van der Waals surface area contributed by atoms with Crippen LogP contribution in [0.4, 0.5) is 4.39 Å². The van der Waals surface area contributed by atoms with Gasteiger partial charge in [0.1, 0.15) is 5.82 Å². The number of nitrogens with one attached hydrogen (secondary N) is 1. The number of halogens is 1. The maximum absolute atomic E-state index is 13.5. The molecule has 0 heterocycles. The Morgan fingerprint density at radius 2 is 2.28 bits per heavy atom. The van der Waals surface area contributed by atoms with Crippen molar-refractivity contribution in [1.82, 2.24) is 5.32 Å². The molecule has 2 N–H and O–H groups in total. The summed E-state index contributed by atoms with van der Waals surface area (Å²) in [6.45, 7) is 1.99. The zero-order valence-corrected chi connectivity index (χ0v) is 10.4. The third-order valence-corrected chi connectivity index (χ3v) is 3.87. The maximum atomic E-state index is 13.5. The topological polar surface area (TPSA) is 49.3 Å². The summed E-state index contributed by atoms with van der Waals surface area (Å²) >= 11 is 0. The van der Waals surface area contributed by atoms with Crippen LogP contribution in [0.25, 0.3) is 0 Å². The second kappa shape index (κ2) is 5.06. The van der Waals surface area contributed by atoms with E-state index in [0.717, 1.165) is 19.3 Å². The Morgan fingerprint density at radius 1 is 1.56 bits per heavy atom. The highest BCUT2D eigenvalue weighted by Gasteiger charge is 2.39. The molecule has 1 aromatic rings. The average Bonchev–Trinajstić information content (AvgIpc) is 2.72. The van der Waals surface area contributed by atoms with Gasteiger partial charge in [0.05, 0.1) is 12.2 Å².